The first-order chi connectivity index (χ1) is 7.20. The summed E-state index contributed by atoms with van der Waals surface area (Å²) in [6, 6.07) is 0. The van der Waals surface area contributed by atoms with Gasteiger partial charge in [0.2, 0.25) is 0 Å². The van der Waals surface area contributed by atoms with Gasteiger partial charge in [-0.25, -0.2) is 0 Å². The van der Waals surface area contributed by atoms with Gasteiger partial charge in [0.15, 0.2) is 0 Å². The van der Waals surface area contributed by atoms with Crippen LogP contribution in [0.3, 0.4) is 0 Å². The summed E-state index contributed by atoms with van der Waals surface area (Å²) >= 11 is 3.58. The Bertz CT molecular complexity index is 129. The van der Waals surface area contributed by atoms with Gasteiger partial charge in [-0.15, -0.1) is 0 Å². The summed E-state index contributed by atoms with van der Waals surface area (Å²) in [4.78, 5) is 0. The van der Waals surface area contributed by atoms with Gasteiger partial charge < -0.3 is 9.47 Å². The predicted molar refractivity (Wildman–Crippen MR) is 68.7 cm³/mol. The Labute approximate surface area is 103 Å². The third kappa shape index (κ3) is 10.7. The average Bonchev–Trinajstić information content (AvgIpc) is 2.20. The van der Waals surface area contributed by atoms with E-state index in [4.69, 9.17) is 9.47 Å². The maximum atomic E-state index is 5.43. The molecule has 15 heavy (non-hydrogen) atoms. The summed E-state index contributed by atoms with van der Waals surface area (Å²) in [5.74, 6) is 1.60. The van der Waals surface area contributed by atoms with Crippen molar-refractivity contribution in [1.29, 1.82) is 0 Å². The predicted octanol–water partition coefficient (Wildman–Crippen LogP) is 3.49. The molecular weight excluding hydrogens is 256 g/mol. The molecule has 0 aromatic carbocycles. The number of rotatable bonds is 10. The highest BCUT2D eigenvalue weighted by Crippen LogP contribution is 2.19. The maximum absolute atomic E-state index is 5.43. The van der Waals surface area contributed by atoms with Gasteiger partial charge in [0.05, 0.1) is 13.2 Å². The van der Waals surface area contributed by atoms with Crippen molar-refractivity contribution in [3.8, 4) is 0 Å². The number of hydrogen-bond acceptors (Lipinski definition) is 2. The topological polar surface area (TPSA) is 18.5 Å². The number of hydrogen-bond donors (Lipinski definition) is 0. The van der Waals surface area contributed by atoms with E-state index in [1.54, 1.807) is 7.11 Å². The van der Waals surface area contributed by atoms with E-state index in [2.05, 4.69) is 29.8 Å². The van der Waals surface area contributed by atoms with Gasteiger partial charge >= 0.3 is 0 Å². The zero-order chi connectivity index (χ0) is 11.5. The van der Waals surface area contributed by atoms with Gasteiger partial charge in [-0.1, -0.05) is 29.8 Å². The second-order valence-corrected chi connectivity index (χ2v) is 5.04. The van der Waals surface area contributed by atoms with Crippen LogP contribution in [0, 0.1) is 11.8 Å². The van der Waals surface area contributed by atoms with Crippen LogP contribution < -0.4 is 0 Å². The molecule has 0 rings (SSSR count). The van der Waals surface area contributed by atoms with Gasteiger partial charge in [0, 0.05) is 19.0 Å². The van der Waals surface area contributed by atoms with Crippen LogP contribution in [0.5, 0.6) is 0 Å². The first-order valence-electron chi connectivity index (χ1n) is 5.83. The van der Waals surface area contributed by atoms with Crippen LogP contribution in [-0.4, -0.2) is 32.3 Å². The Balaban J connectivity index is 3.30. The fraction of sp³-hybridized carbons (Fsp3) is 1.00. The molecule has 0 heterocycles. The minimum absolute atomic E-state index is 0.702. The summed E-state index contributed by atoms with van der Waals surface area (Å²) < 4.78 is 10.3. The Kier molecular flexibility index (Phi) is 11.2. The SMILES string of the molecule is COCCOCCCC(CBr)CC(C)C. The molecule has 0 aliphatic carbocycles. The molecule has 1 atom stereocenters. The Morgan fingerprint density at radius 2 is 1.87 bits per heavy atom. The smallest absolute Gasteiger partial charge is 0.0700 e. The van der Waals surface area contributed by atoms with E-state index in [-0.39, 0.29) is 0 Å². The molecule has 0 aliphatic rings. The van der Waals surface area contributed by atoms with Crippen molar-refractivity contribution in [3.63, 3.8) is 0 Å². The molecule has 0 fully saturated rings. The Morgan fingerprint density at radius 1 is 1.13 bits per heavy atom. The maximum Gasteiger partial charge on any atom is 0.0700 e. The lowest BCUT2D eigenvalue weighted by Gasteiger charge is -2.16. The highest BCUT2D eigenvalue weighted by molar-refractivity contribution is 9.09. The minimum Gasteiger partial charge on any atom is -0.382 e. The second-order valence-electron chi connectivity index (χ2n) is 4.40. The number of methoxy groups -OCH3 is 1. The first-order valence-corrected chi connectivity index (χ1v) is 6.95. The van der Waals surface area contributed by atoms with E-state index < -0.39 is 0 Å². The van der Waals surface area contributed by atoms with Crippen LogP contribution in [0.4, 0.5) is 0 Å². The molecule has 0 radical (unpaired) electrons. The highest BCUT2D eigenvalue weighted by Gasteiger charge is 2.08. The third-order valence-corrected chi connectivity index (χ3v) is 3.27. The standard InChI is InChI=1S/C12H25BrO2/c1-11(2)9-12(10-13)5-4-6-15-8-7-14-3/h11-12H,4-10H2,1-3H3. The summed E-state index contributed by atoms with van der Waals surface area (Å²) in [5.41, 5.74) is 0. The van der Waals surface area contributed by atoms with Crippen LogP contribution in [0.2, 0.25) is 0 Å². The molecule has 0 saturated carbocycles. The van der Waals surface area contributed by atoms with E-state index >= 15 is 0 Å². The van der Waals surface area contributed by atoms with Crippen molar-refractivity contribution < 1.29 is 9.47 Å². The molecule has 0 N–H and O–H groups in total. The summed E-state index contributed by atoms with van der Waals surface area (Å²) in [6.07, 6.45) is 3.73. The van der Waals surface area contributed by atoms with Crippen molar-refractivity contribution in [2.75, 3.05) is 32.3 Å². The summed E-state index contributed by atoms with van der Waals surface area (Å²) in [5, 5.41) is 1.11. The number of halogens is 1. The van der Waals surface area contributed by atoms with Crippen LogP contribution in [-0.2, 0) is 9.47 Å². The Hall–Kier alpha value is 0.400. The molecule has 0 aromatic heterocycles. The zero-order valence-electron chi connectivity index (χ0n) is 10.3. The zero-order valence-corrected chi connectivity index (χ0v) is 11.9. The first kappa shape index (κ1) is 15.4. The monoisotopic (exact) mass is 280 g/mol. The van der Waals surface area contributed by atoms with Gasteiger partial charge in [0.25, 0.3) is 0 Å². The van der Waals surface area contributed by atoms with E-state index in [0.29, 0.717) is 6.61 Å². The highest BCUT2D eigenvalue weighted by atomic mass is 79.9. The van der Waals surface area contributed by atoms with Gasteiger partial charge in [-0.2, -0.15) is 0 Å². The molecular formula is C12H25BrO2. The molecule has 1 unspecified atom stereocenters. The molecule has 0 bridgehead atoms. The number of ether oxygens (including phenoxy) is 2. The quantitative estimate of drug-likeness (QED) is 0.451. The number of alkyl halides is 1. The molecule has 92 valence electrons. The van der Waals surface area contributed by atoms with E-state index in [0.717, 1.165) is 36.8 Å². The van der Waals surface area contributed by atoms with Crippen LogP contribution in [0.25, 0.3) is 0 Å². The summed E-state index contributed by atoms with van der Waals surface area (Å²) in [6.45, 7) is 6.86. The average molecular weight is 281 g/mol. The van der Waals surface area contributed by atoms with Gasteiger partial charge in [0.1, 0.15) is 0 Å². The molecule has 0 amide bonds. The molecule has 0 aromatic rings. The molecule has 0 spiro atoms. The van der Waals surface area contributed by atoms with E-state index in [1.165, 1.54) is 12.8 Å². The van der Waals surface area contributed by atoms with E-state index in [9.17, 15) is 0 Å². The van der Waals surface area contributed by atoms with Crippen molar-refractivity contribution >= 4 is 15.9 Å². The van der Waals surface area contributed by atoms with Crippen molar-refractivity contribution in [1.82, 2.24) is 0 Å². The fourth-order valence-electron chi connectivity index (χ4n) is 1.64. The van der Waals surface area contributed by atoms with Crippen LogP contribution >= 0.6 is 15.9 Å². The fourth-order valence-corrected chi connectivity index (χ4v) is 2.23. The largest absolute Gasteiger partial charge is 0.382 e. The van der Waals surface area contributed by atoms with Crippen LogP contribution in [0.15, 0.2) is 0 Å². The lowest BCUT2D eigenvalue weighted by molar-refractivity contribution is 0.0672. The van der Waals surface area contributed by atoms with Crippen molar-refractivity contribution in [2.45, 2.75) is 33.1 Å². The summed E-state index contributed by atoms with van der Waals surface area (Å²) in [7, 11) is 1.70. The van der Waals surface area contributed by atoms with Crippen LogP contribution in [0.1, 0.15) is 33.1 Å². The third-order valence-electron chi connectivity index (χ3n) is 2.36. The Morgan fingerprint density at radius 3 is 2.40 bits per heavy atom. The van der Waals surface area contributed by atoms with Gasteiger partial charge in [-0.05, 0) is 31.1 Å². The molecule has 0 saturated heterocycles. The van der Waals surface area contributed by atoms with Crippen molar-refractivity contribution in [3.05, 3.63) is 0 Å². The van der Waals surface area contributed by atoms with Gasteiger partial charge in [-0.3, -0.25) is 0 Å². The second kappa shape index (κ2) is 10.9. The molecule has 3 heteroatoms. The lowest BCUT2D eigenvalue weighted by atomic mass is 9.95. The van der Waals surface area contributed by atoms with Crippen molar-refractivity contribution in [2.24, 2.45) is 11.8 Å². The molecule has 0 aliphatic heterocycles. The normalized spacial score (nSPS) is 13.4. The minimum atomic E-state index is 0.702. The van der Waals surface area contributed by atoms with E-state index in [1.807, 2.05) is 0 Å². The molecule has 2 nitrogen and oxygen atoms in total. The lowest BCUT2D eigenvalue weighted by Crippen LogP contribution is -2.09.